The smallest absolute Gasteiger partial charge is 0.253 e. The van der Waals surface area contributed by atoms with Gasteiger partial charge in [-0.15, -0.1) is 5.10 Å². The van der Waals surface area contributed by atoms with Crippen molar-refractivity contribution in [3.8, 4) is 29.1 Å². The number of methoxy groups -OCH3 is 1. The van der Waals surface area contributed by atoms with Gasteiger partial charge < -0.3 is 15.2 Å². The molecule has 3 aromatic heterocycles. The van der Waals surface area contributed by atoms with Crippen LogP contribution < -0.4 is 15.2 Å². The molecule has 0 amide bonds. The summed E-state index contributed by atoms with van der Waals surface area (Å²) in [6, 6.07) is 10.5. The van der Waals surface area contributed by atoms with E-state index in [-0.39, 0.29) is 17.3 Å². The number of nitrogen functional groups attached to an aromatic ring is 1. The summed E-state index contributed by atoms with van der Waals surface area (Å²) in [5.74, 6) is 1.32. The fraction of sp³-hybridized carbons (Fsp3) is 0.0588. The third-order valence-electron chi connectivity index (χ3n) is 3.83. The van der Waals surface area contributed by atoms with Crippen LogP contribution in [0.5, 0.6) is 17.4 Å². The van der Waals surface area contributed by atoms with Crippen LogP contribution in [0.1, 0.15) is 5.56 Å². The molecule has 4 aromatic rings. The van der Waals surface area contributed by atoms with Gasteiger partial charge in [-0.05, 0) is 24.3 Å². The lowest BCUT2D eigenvalue weighted by Crippen LogP contribution is -2.02. The molecule has 9 nitrogen and oxygen atoms in total. The van der Waals surface area contributed by atoms with E-state index in [0.717, 1.165) is 0 Å². The molecule has 4 rings (SSSR count). The number of nitriles is 1. The second-order valence-electron chi connectivity index (χ2n) is 5.44. The highest BCUT2D eigenvalue weighted by atomic mass is 35.5. The van der Waals surface area contributed by atoms with E-state index in [1.807, 2.05) is 6.07 Å². The van der Waals surface area contributed by atoms with Crippen LogP contribution in [0.15, 0.2) is 42.9 Å². The molecule has 27 heavy (non-hydrogen) atoms. The SMILES string of the molecule is COc1nn(-c2ccc(Oc3ccn4ncnc4c3)c(Cl)c2)c(N)c1C#N. The second-order valence-corrected chi connectivity index (χ2v) is 5.84. The molecule has 0 bridgehead atoms. The van der Waals surface area contributed by atoms with Crippen LogP contribution in [-0.2, 0) is 0 Å². The fourth-order valence-electron chi connectivity index (χ4n) is 2.55. The number of nitrogens with two attached hydrogens (primary N) is 1. The molecule has 0 saturated carbocycles. The first kappa shape index (κ1) is 16.7. The first-order valence-corrected chi connectivity index (χ1v) is 8.08. The summed E-state index contributed by atoms with van der Waals surface area (Å²) in [7, 11) is 1.42. The van der Waals surface area contributed by atoms with Crippen LogP contribution in [0, 0.1) is 11.3 Å². The van der Waals surface area contributed by atoms with Gasteiger partial charge in [0, 0.05) is 12.3 Å². The van der Waals surface area contributed by atoms with Crippen molar-refractivity contribution in [3.63, 3.8) is 0 Å². The molecule has 0 aliphatic rings. The van der Waals surface area contributed by atoms with Crippen molar-refractivity contribution in [2.24, 2.45) is 0 Å². The van der Waals surface area contributed by atoms with Gasteiger partial charge in [0.15, 0.2) is 11.2 Å². The Kier molecular flexibility index (Phi) is 4.02. The molecule has 0 aliphatic heterocycles. The van der Waals surface area contributed by atoms with Crippen LogP contribution >= 0.6 is 11.6 Å². The zero-order chi connectivity index (χ0) is 19.0. The number of aromatic nitrogens is 5. The highest BCUT2D eigenvalue weighted by Crippen LogP contribution is 2.33. The van der Waals surface area contributed by atoms with Crippen LogP contribution in [0.3, 0.4) is 0 Å². The Morgan fingerprint density at radius 3 is 2.81 bits per heavy atom. The molecule has 2 N–H and O–H groups in total. The molecule has 134 valence electrons. The molecule has 0 aliphatic carbocycles. The molecular formula is C17H12ClN7O2. The molecule has 0 radical (unpaired) electrons. The van der Waals surface area contributed by atoms with Gasteiger partial charge >= 0.3 is 0 Å². The van der Waals surface area contributed by atoms with Crippen molar-refractivity contribution < 1.29 is 9.47 Å². The minimum absolute atomic E-state index is 0.146. The summed E-state index contributed by atoms with van der Waals surface area (Å²) >= 11 is 6.36. The maximum Gasteiger partial charge on any atom is 0.253 e. The maximum absolute atomic E-state index is 9.19. The van der Waals surface area contributed by atoms with Crippen LogP contribution in [0.25, 0.3) is 11.3 Å². The quantitative estimate of drug-likeness (QED) is 0.577. The minimum atomic E-state index is 0.146. The summed E-state index contributed by atoms with van der Waals surface area (Å²) in [5, 5.41) is 17.8. The van der Waals surface area contributed by atoms with Crippen molar-refractivity contribution >= 4 is 23.1 Å². The number of hydrogen-bond donors (Lipinski definition) is 1. The largest absolute Gasteiger partial charge is 0.479 e. The monoisotopic (exact) mass is 381 g/mol. The van der Waals surface area contributed by atoms with Crippen molar-refractivity contribution in [3.05, 3.63) is 53.4 Å². The number of nitrogens with zero attached hydrogens (tertiary/aromatic N) is 6. The first-order valence-electron chi connectivity index (χ1n) is 7.70. The molecular weight excluding hydrogens is 370 g/mol. The lowest BCUT2D eigenvalue weighted by atomic mass is 10.3. The predicted molar refractivity (Wildman–Crippen MR) is 97.3 cm³/mol. The van der Waals surface area contributed by atoms with E-state index in [0.29, 0.717) is 27.9 Å². The van der Waals surface area contributed by atoms with Gasteiger partial charge in [0.25, 0.3) is 5.88 Å². The maximum atomic E-state index is 9.19. The summed E-state index contributed by atoms with van der Waals surface area (Å²) in [6.45, 7) is 0. The van der Waals surface area contributed by atoms with E-state index in [1.54, 1.807) is 41.0 Å². The van der Waals surface area contributed by atoms with Crippen LogP contribution in [0.4, 0.5) is 5.82 Å². The van der Waals surface area contributed by atoms with Crippen LogP contribution in [0.2, 0.25) is 5.02 Å². The zero-order valence-corrected chi connectivity index (χ0v) is 14.8. The molecule has 0 saturated heterocycles. The molecule has 10 heteroatoms. The Morgan fingerprint density at radius 2 is 2.11 bits per heavy atom. The minimum Gasteiger partial charge on any atom is -0.479 e. The number of hydrogen-bond acceptors (Lipinski definition) is 7. The number of benzene rings is 1. The third-order valence-corrected chi connectivity index (χ3v) is 4.13. The summed E-state index contributed by atoms with van der Waals surface area (Å²) < 4.78 is 13.9. The van der Waals surface area contributed by atoms with Gasteiger partial charge in [0.1, 0.15) is 29.7 Å². The van der Waals surface area contributed by atoms with Gasteiger partial charge in [0.2, 0.25) is 0 Å². The van der Waals surface area contributed by atoms with E-state index in [9.17, 15) is 5.26 Å². The predicted octanol–water partition coefficient (Wildman–Crippen LogP) is 2.82. The van der Waals surface area contributed by atoms with E-state index in [2.05, 4.69) is 15.2 Å². The van der Waals surface area contributed by atoms with Crippen LogP contribution in [-0.4, -0.2) is 31.5 Å². The molecule has 3 heterocycles. The molecule has 0 spiro atoms. The Balaban J connectivity index is 1.67. The zero-order valence-electron chi connectivity index (χ0n) is 14.0. The number of ether oxygens (including phenoxy) is 2. The van der Waals surface area contributed by atoms with Crippen molar-refractivity contribution in [1.82, 2.24) is 24.4 Å². The molecule has 1 aromatic carbocycles. The van der Waals surface area contributed by atoms with Gasteiger partial charge in [-0.3, -0.25) is 0 Å². The topological polar surface area (TPSA) is 116 Å². The Morgan fingerprint density at radius 1 is 1.26 bits per heavy atom. The fourth-order valence-corrected chi connectivity index (χ4v) is 2.76. The first-order chi connectivity index (χ1) is 13.1. The number of rotatable bonds is 4. The van der Waals surface area contributed by atoms with Crippen molar-refractivity contribution in [2.45, 2.75) is 0 Å². The normalized spacial score (nSPS) is 10.7. The highest BCUT2D eigenvalue weighted by molar-refractivity contribution is 6.32. The van der Waals surface area contributed by atoms with E-state index < -0.39 is 0 Å². The summed E-state index contributed by atoms with van der Waals surface area (Å²) in [5.41, 5.74) is 7.37. The standard InChI is InChI=1S/C17H12ClN7O2/c1-26-17-12(8-19)16(20)25(23-17)10-2-3-14(13(18)6-10)27-11-4-5-24-15(7-11)21-9-22-24/h2-7,9H,20H2,1H3. The molecule has 0 unspecified atom stereocenters. The summed E-state index contributed by atoms with van der Waals surface area (Å²) in [6.07, 6.45) is 3.19. The highest BCUT2D eigenvalue weighted by Gasteiger charge is 2.18. The molecule has 0 fully saturated rings. The average Bonchev–Trinajstić information content (AvgIpc) is 3.26. The average molecular weight is 382 g/mol. The number of anilines is 1. The number of fused-ring (bicyclic) bond motifs is 1. The Hall–Kier alpha value is -3.77. The Labute approximate surface area is 158 Å². The van der Waals surface area contributed by atoms with E-state index >= 15 is 0 Å². The number of halogens is 1. The van der Waals surface area contributed by atoms with Gasteiger partial charge in [-0.2, -0.15) is 10.4 Å². The lowest BCUT2D eigenvalue weighted by molar-refractivity contribution is 0.393. The Bertz CT molecular complexity index is 1190. The van der Waals surface area contributed by atoms with Gasteiger partial charge in [0.05, 0.1) is 17.8 Å². The lowest BCUT2D eigenvalue weighted by Gasteiger charge is -2.10. The number of pyridine rings is 1. The van der Waals surface area contributed by atoms with E-state index in [4.69, 9.17) is 26.8 Å². The van der Waals surface area contributed by atoms with Crippen molar-refractivity contribution in [2.75, 3.05) is 12.8 Å². The van der Waals surface area contributed by atoms with Crippen molar-refractivity contribution in [1.29, 1.82) is 5.26 Å². The second kappa shape index (κ2) is 6.51. The van der Waals surface area contributed by atoms with E-state index in [1.165, 1.54) is 18.1 Å². The molecule has 0 atom stereocenters. The van der Waals surface area contributed by atoms with Gasteiger partial charge in [-0.25, -0.2) is 14.2 Å². The summed E-state index contributed by atoms with van der Waals surface area (Å²) in [4.78, 5) is 4.11. The van der Waals surface area contributed by atoms with Gasteiger partial charge in [-0.1, -0.05) is 11.6 Å². The third kappa shape index (κ3) is 2.88.